The molecule has 6 heteroatoms. The fraction of sp³-hybridized carbons (Fsp3) is 0.297. The molecule has 43 heavy (non-hydrogen) atoms. The predicted molar refractivity (Wildman–Crippen MR) is 166 cm³/mol. The quantitative estimate of drug-likeness (QED) is 0.159. The Labute approximate surface area is 254 Å². The Hall–Kier alpha value is -3.62. The van der Waals surface area contributed by atoms with Crippen LogP contribution in [0.1, 0.15) is 28.7 Å². The SMILES string of the molecule is C=CC[C@]1(O)O[C@H](COCc2ccccc2)[C@@H](OCc2ccccc2)[C@H](OCc2ccccc2)[C@@H]1OCc1ccccc1. The minimum Gasteiger partial charge on any atom is -0.374 e. The largest absolute Gasteiger partial charge is 0.374 e. The average Bonchev–Trinajstić information content (AvgIpc) is 3.05. The van der Waals surface area contributed by atoms with Crippen molar-refractivity contribution in [2.24, 2.45) is 0 Å². The summed E-state index contributed by atoms with van der Waals surface area (Å²) in [6.07, 6.45) is -1.03. The molecule has 0 bridgehead atoms. The van der Waals surface area contributed by atoms with E-state index in [1.807, 2.05) is 121 Å². The van der Waals surface area contributed by atoms with Crippen LogP contribution >= 0.6 is 0 Å². The summed E-state index contributed by atoms with van der Waals surface area (Å²) < 4.78 is 32.3. The lowest BCUT2D eigenvalue weighted by molar-refractivity contribution is -0.369. The van der Waals surface area contributed by atoms with Crippen LogP contribution in [0.25, 0.3) is 0 Å². The van der Waals surface area contributed by atoms with E-state index in [1.165, 1.54) is 0 Å². The maximum atomic E-state index is 12.1. The number of rotatable bonds is 15. The first-order valence-corrected chi connectivity index (χ1v) is 14.7. The molecule has 0 amide bonds. The van der Waals surface area contributed by atoms with Crippen LogP contribution in [0.2, 0.25) is 0 Å². The summed E-state index contributed by atoms with van der Waals surface area (Å²) in [7, 11) is 0. The maximum absolute atomic E-state index is 12.1. The van der Waals surface area contributed by atoms with Crippen molar-refractivity contribution in [3.8, 4) is 0 Å². The van der Waals surface area contributed by atoms with Gasteiger partial charge in [-0.15, -0.1) is 6.58 Å². The summed E-state index contributed by atoms with van der Waals surface area (Å²) in [6, 6.07) is 39.7. The van der Waals surface area contributed by atoms with Gasteiger partial charge in [-0.25, -0.2) is 0 Å². The van der Waals surface area contributed by atoms with Gasteiger partial charge in [-0.05, 0) is 22.3 Å². The van der Waals surface area contributed by atoms with Gasteiger partial charge in [0.2, 0.25) is 0 Å². The first kappa shape index (κ1) is 30.8. The minimum absolute atomic E-state index is 0.137. The van der Waals surface area contributed by atoms with E-state index >= 15 is 0 Å². The highest BCUT2D eigenvalue weighted by Crippen LogP contribution is 2.37. The van der Waals surface area contributed by atoms with Crippen LogP contribution in [0.4, 0.5) is 0 Å². The molecule has 1 N–H and O–H groups in total. The van der Waals surface area contributed by atoms with Gasteiger partial charge in [0, 0.05) is 6.42 Å². The third-order valence-corrected chi connectivity index (χ3v) is 7.46. The maximum Gasteiger partial charge on any atom is 0.198 e. The fourth-order valence-corrected chi connectivity index (χ4v) is 5.31. The number of aliphatic hydroxyl groups is 1. The van der Waals surface area contributed by atoms with E-state index in [4.69, 9.17) is 23.7 Å². The molecule has 5 rings (SSSR count). The minimum atomic E-state index is -1.72. The molecule has 1 aliphatic rings. The second-order valence-corrected chi connectivity index (χ2v) is 10.7. The van der Waals surface area contributed by atoms with Gasteiger partial charge in [-0.3, -0.25) is 0 Å². The van der Waals surface area contributed by atoms with Crippen molar-refractivity contribution < 1.29 is 28.8 Å². The third-order valence-electron chi connectivity index (χ3n) is 7.46. The summed E-state index contributed by atoms with van der Waals surface area (Å²) in [5.41, 5.74) is 4.03. The summed E-state index contributed by atoms with van der Waals surface area (Å²) in [6.45, 7) is 5.38. The highest BCUT2D eigenvalue weighted by Gasteiger charge is 2.55. The van der Waals surface area contributed by atoms with Crippen LogP contribution < -0.4 is 0 Å². The van der Waals surface area contributed by atoms with E-state index < -0.39 is 30.2 Å². The van der Waals surface area contributed by atoms with Crippen molar-refractivity contribution in [3.63, 3.8) is 0 Å². The Balaban J connectivity index is 1.44. The molecule has 4 aromatic rings. The summed E-state index contributed by atoms with van der Waals surface area (Å²) >= 11 is 0. The van der Waals surface area contributed by atoms with Crippen molar-refractivity contribution in [1.29, 1.82) is 0 Å². The Morgan fingerprint density at radius 3 is 1.49 bits per heavy atom. The monoisotopic (exact) mass is 580 g/mol. The molecule has 0 aromatic heterocycles. The average molecular weight is 581 g/mol. The van der Waals surface area contributed by atoms with E-state index in [-0.39, 0.29) is 19.6 Å². The smallest absolute Gasteiger partial charge is 0.198 e. The Morgan fingerprint density at radius 1 is 0.605 bits per heavy atom. The van der Waals surface area contributed by atoms with E-state index in [2.05, 4.69) is 6.58 Å². The van der Waals surface area contributed by atoms with Crippen LogP contribution in [0.15, 0.2) is 134 Å². The van der Waals surface area contributed by atoms with Crippen molar-refractivity contribution in [3.05, 3.63) is 156 Å². The topological polar surface area (TPSA) is 66.4 Å². The van der Waals surface area contributed by atoms with Gasteiger partial charge in [-0.2, -0.15) is 0 Å². The van der Waals surface area contributed by atoms with Gasteiger partial charge < -0.3 is 28.8 Å². The molecule has 5 atom stereocenters. The van der Waals surface area contributed by atoms with Gasteiger partial charge in [0.25, 0.3) is 0 Å². The van der Waals surface area contributed by atoms with Crippen LogP contribution in [0.5, 0.6) is 0 Å². The van der Waals surface area contributed by atoms with Crippen molar-refractivity contribution >= 4 is 0 Å². The molecule has 1 saturated heterocycles. The van der Waals surface area contributed by atoms with E-state index in [0.29, 0.717) is 19.8 Å². The molecule has 1 heterocycles. The lowest BCUT2D eigenvalue weighted by Gasteiger charge is -2.50. The molecule has 0 aliphatic carbocycles. The van der Waals surface area contributed by atoms with Crippen molar-refractivity contribution in [1.82, 2.24) is 0 Å². The number of ether oxygens (including phenoxy) is 5. The van der Waals surface area contributed by atoms with E-state index in [9.17, 15) is 5.11 Å². The first-order chi connectivity index (χ1) is 21.1. The molecule has 6 nitrogen and oxygen atoms in total. The van der Waals surface area contributed by atoms with Crippen LogP contribution in [-0.2, 0) is 50.1 Å². The molecule has 0 radical (unpaired) electrons. The van der Waals surface area contributed by atoms with Gasteiger partial charge in [0.15, 0.2) is 5.79 Å². The van der Waals surface area contributed by atoms with Crippen molar-refractivity contribution in [2.45, 2.75) is 63.1 Å². The molecule has 0 unspecified atom stereocenters. The fourth-order valence-electron chi connectivity index (χ4n) is 5.31. The highest BCUT2D eigenvalue weighted by atomic mass is 16.7. The third kappa shape index (κ3) is 8.71. The van der Waals surface area contributed by atoms with Gasteiger partial charge in [0.1, 0.15) is 24.4 Å². The van der Waals surface area contributed by atoms with E-state index in [1.54, 1.807) is 6.08 Å². The zero-order chi connectivity index (χ0) is 29.7. The van der Waals surface area contributed by atoms with E-state index in [0.717, 1.165) is 22.3 Å². The molecule has 4 aromatic carbocycles. The van der Waals surface area contributed by atoms with Gasteiger partial charge in [-0.1, -0.05) is 127 Å². The number of hydrogen-bond donors (Lipinski definition) is 1. The summed E-state index contributed by atoms with van der Waals surface area (Å²) in [5, 5.41) is 12.1. The van der Waals surface area contributed by atoms with Gasteiger partial charge >= 0.3 is 0 Å². The molecular weight excluding hydrogens is 540 g/mol. The number of hydrogen-bond acceptors (Lipinski definition) is 6. The molecule has 1 aliphatic heterocycles. The Kier molecular flexibility index (Phi) is 11.3. The zero-order valence-corrected chi connectivity index (χ0v) is 24.4. The lowest BCUT2D eigenvalue weighted by atomic mass is 9.89. The lowest BCUT2D eigenvalue weighted by Crippen LogP contribution is -2.67. The zero-order valence-electron chi connectivity index (χ0n) is 24.4. The summed E-state index contributed by atoms with van der Waals surface area (Å²) in [5.74, 6) is -1.72. The Morgan fingerprint density at radius 2 is 1.02 bits per heavy atom. The van der Waals surface area contributed by atoms with Crippen LogP contribution in [0.3, 0.4) is 0 Å². The van der Waals surface area contributed by atoms with Crippen molar-refractivity contribution in [2.75, 3.05) is 6.61 Å². The summed E-state index contributed by atoms with van der Waals surface area (Å²) in [4.78, 5) is 0. The number of benzene rings is 4. The molecule has 0 spiro atoms. The first-order valence-electron chi connectivity index (χ1n) is 14.7. The molecule has 1 fully saturated rings. The normalized spacial score (nSPS) is 23.6. The van der Waals surface area contributed by atoms with Crippen LogP contribution in [0, 0.1) is 0 Å². The molecule has 0 saturated carbocycles. The second-order valence-electron chi connectivity index (χ2n) is 10.7. The van der Waals surface area contributed by atoms with Crippen LogP contribution in [-0.4, -0.2) is 41.9 Å². The standard InChI is InChI=1S/C37H40O6/c1-2-23-37(38)36(42-27-32-21-13-6-14-22-32)35(41-26-31-19-11-5-12-20-31)34(40-25-30-17-9-4-10-18-30)33(43-37)28-39-24-29-15-7-3-8-16-29/h2-22,33-36,38H,1,23-28H2/t33-,34-,35+,36+,37+/m1/s1. The molecular formula is C37H40O6. The molecule has 224 valence electrons. The van der Waals surface area contributed by atoms with Gasteiger partial charge in [0.05, 0.1) is 33.0 Å². The Bertz CT molecular complexity index is 1350. The highest BCUT2D eigenvalue weighted by molar-refractivity contribution is 5.17. The second kappa shape index (κ2) is 15.7. The predicted octanol–water partition coefficient (Wildman–Crippen LogP) is 6.62.